The third kappa shape index (κ3) is 2.01. The fourth-order valence-electron chi connectivity index (χ4n) is 2.91. The molecule has 0 bridgehead atoms. The first-order valence-electron chi connectivity index (χ1n) is 6.63. The number of imide groups is 1. The lowest BCUT2D eigenvalue weighted by atomic mass is 9.89. The van der Waals surface area contributed by atoms with Crippen molar-refractivity contribution in [2.45, 2.75) is 18.4 Å². The van der Waals surface area contributed by atoms with Crippen molar-refractivity contribution >= 4 is 23.5 Å². The van der Waals surface area contributed by atoms with E-state index in [9.17, 15) is 14.4 Å². The molecule has 1 unspecified atom stereocenters. The van der Waals surface area contributed by atoms with Crippen LogP contribution >= 0.6 is 0 Å². The van der Waals surface area contributed by atoms with Gasteiger partial charge in [0.15, 0.2) is 0 Å². The molecule has 0 aliphatic carbocycles. The molecule has 9 nitrogen and oxygen atoms in total. The highest BCUT2D eigenvalue weighted by Gasteiger charge is 2.49. The first-order chi connectivity index (χ1) is 9.93. The Balaban J connectivity index is 1.86. The van der Waals surface area contributed by atoms with Crippen molar-refractivity contribution in [2.75, 3.05) is 18.8 Å². The maximum absolute atomic E-state index is 12.6. The molecule has 3 rings (SSSR count). The summed E-state index contributed by atoms with van der Waals surface area (Å²) in [4.78, 5) is 37.4. The van der Waals surface area contributed by atoms with Crippen LogP contribution in [0, 0.1) is 0 Å². The number of carbonyl (C=O) groups excluding carboxylic acids is 3. The number of aromatic nitrogens is 2. The molecule has 1 atom stereocenters. The number of nitrogens with one attached hydrogen (secondary N) is 2. The number of hydrogen-bond donors (Lipinski definition) is 3. The summed E-state index contributed by atoms with van der Waals surface area (Å²) in [6, 6.07) is -0.519. The predicted molar refractivity (Wildman–Crippen MR) is 72.2 cm³/mol. The standard InChI is InChI=1S/C12H16N6O3/c1-17-8(7(13)5-14-17)9(19)18-4-2-3-12(6-18)10(20)15-11(21)16-12/h5H,2-4,6,13H2,1H3,(H2,15,16,20,21). The Morgan fingerprint density at radius 2 is 2.24 bits per heavy atom. The van der Waals surface area contributed by atoms with Gasteiger partial charge in [-0.1, -0.05) is 0 Å². The summed E-state index contributed by atoms with van der Waals surface area (Å²) < 4.78 is 1.41. The molecule has 4 amide bonds. The van der Waals surface area contributed by atoms with E-state index in [2.05, 4.69) is 15.7 Å². The average Bonchev–Trinajstić information content (AvgIpc) is 2.89. The summed E-state index contributed by atoms with van der Waals surface area (Å²) in [5.41, 5.74) is 5.32. The first-order valence-corrected chi connectivity index (χ1v) is 6.63. The number of nitrogens with two attached hydrogens (primary N) is 1. The zero-order valence-electron chi connectivity index (χ0n) is 11.5. The van der Waals surface area contributed by atoms with Crippen molar-refractivity contribution in [3.05, 3.63) is 11.9 Å². The lowest BCUT2D eigenvalue weighted by molar-refractivity contribution is -0.125. The molecule has 1 spiro atoms. The van der Waals surface area contributed by atoms with Crippen LogP contribution in [-0.2, 0) is 11.8 Å². The summed E-state index contributed by atoms with van der Waals surface area (Å²) >= 11 is 0. The van der Waals surface area contributed by atoms with Gasteiger partial charge >= 0.3 is 6.03 Å². The number of urea groups is 1. The van der Waals surface area contributed by atoms with Gasteiger partial charge in [0.05, 0.1) is 18.4 Å². The van der Waals surface area contributed by atoms with Crippen LogP contribution in [0.4, 0.5) is 10.5 Å². The van der Waals surface area contributed by atoms with Crippen LogP contribution in [0.5, 0.6) is 0 Å². The molecule has 2 saturated heterocycles. The maximum Gasteiger partial charge on any atom is 0.322 e. The molecular weight excluding hydrogens is 276 g/mol. The van der Waals surface area contributed by atoms with Crippen LogP contribution in [0.1, 0.15) is 23.3 Å². The molecule has 4 N–H and O–H groups in total. The Bertz CT molecular complexity index is 619. The Hall–Kier alpha value is -2.58. The van der Waals surface area contributed by atoms with Gasteiger partial charge in [-0.3, -0.25) is 19.6 Å². The van der Waals surface area contributed by atoms with Crippen LogP contribution in [0.2, 0.25) is 0 Å². The topological polar surface area (TPSA) is 122 Å². The molecule has 9 heteroatoms. The average molecular weight is 292 g/mol. The minimum absolute atomic E-state index is 0.133. The lowest BCUT2D eigenvalue weighted by Crippen LogP contribution is -2.59. The Labute approximate surface area is 120 Å². The number of aryl methyl sites for hydroxylation is 1. The zero-order valence-corrected chi connectivity index (χ0v) is 11.5. The van der Waals surface area contributed by atoms with Crippen molar-refractivity contribution in [1.82, 2.24) is 25.3 Å². The van der Waals surface area contributed by atoms with Gasteiger partial charge in [0.1, 0.15) is 11.2 Å². The molecule has 2 aliphatic heterocycles. The van der Waals surface area contributed by atoms with Crippen LogP contribution in [0.15, 0.2) is 6.20 Å². The number of amides is 4. The van der Waals surface area contributed by atoms with E-state index < -0.39 is 11.6 Å². The fraction of sp³-hybridized carbons (Fsp3) is 0.500. The number of hydrogen-bond acceptors (Lipinski definition) is 5. The summed E-state index contributed by atoms with van der Waals surface area (Å²) in [5.74, 6) is -0.677. The Morgan fingerprint density at radius 1 is 1.48 bits per heavy atom. The molecule has 0 aromatic carbocycles. The molecule has 1 aromatic heterocycles. The van der Waals surface area contributed by atoms with E-state index >= 15 is 0 Å². The van der Waals surface area contributed by atoms with Gasteiger partial charge in [-0.05, 0) is 12.8 Å². The second-order valence-electron chi connectivity index (χ2n) is 5.39. The van der Waals surface area contributed by atoms with E-state index in [1.807, 2.05) is 0 Å². The molecule has 1 aromatic rings. The lowest BCUT2D eigenvalue weighted by Gasteiger charge is -2.37. The van der Waals surface area contributed by atoms with Gasteiger partial charge in [-0.25, -0.2) is 4.79 Å². The summed E-state index contributed by atoms with van der Waals surface area (Å²) in [7, 11) is 1.63. The Kier molecular flexibility index (Phi) is 2.85. The Morgan fingerprint density at radius 3 is 2.81 bits per heavy atom. The van der Waals surface area contributed by atoms with E-state index in [0.717, 1.165) is 0 Å². The molecule has 3 heterocycles. The van der Waals surface area contributed by atoms with Crippen LogP contribution < -0.4 is 16.4 Å². The summed E-state index contributed by atoms with van der Waals surface area (Å²) in [6.07, 6.45) is 2.55. The van der Waals surface area contributed by atoms with E-state index in [4.69, 9.17) is 5.73 Å². The van der Waals surface area contributed by atoms with Gasteiger partial charge in [0.25, 0.3) is 11.8 Å². The molecule has 0 saturated carbocycles. The quantitative estimate of drug-likeness (QED) is 0.562. The van der Waals surface area contributed by atoms with Crippen molar-refractivity contribution in [1.29, 1.82) is 0 Å². The second kappa shape index (κ2) is 4.47. The third-order valence-corrected chi connectivity index (χ3v) is 3.96. The van der Waals surface area contributed by atoms with Gasteiger partial charge in [-0.15, -0.1) is 0 Å². The number of piperidine rings is 1. The zero-order chi connectivity index (χ0) is 15.2. The third-order valence-electron chi connectivity index (χ3n) is 3.96. The molecule has 2 aliphatic rings. The fourth-order valence-corrected chi connectivity index (χ4v) is 2.91. The monoisotopic (exact) mass is 292 g/mol. The van der Waals surface area contributed by atoms with Crippen molar-refractivity contribution in [3.63, 3.8) is 0 Å². The summed E-state index contributed by atoms with van der Waals surface area (Å²) in [6.45, 7) is 0.641. The molecule has 112 valence electrons. The number of carbonyl (C=O) groups is 3. The number of nitrogens with zero attached hydrogens (tertiary/aromatic N) is 3. The van der Waals surface area contributed by atoms with Crippen LogP contribution in [0.25, 0.3) is 0 Å². The first kappa shape index (κ1) is 13.4. The number of rotatable bonds is 1. The van der Waals surface area contributed by atoms with Gasteiger partial charge in [0, 0.05) is 13.6 Å². The van der Waals surface area contributed by atoms with Crippen molar-refractivity contribution < 1.29 is 14.4 Å². The molecule has 21 heavy (non-hydrogen) atoms. The van der Waals surface area contributed by atoms with Gasteiger partial charge < -0.3 is 16.0 Å². The van der Waals surface area contributed by atoms with E-state index in [0.29, 0.717) is 25.1 Å². The highest BCUT2D eigenvalue weighted by molar-refractivity contribution is 6.08. The highest BCUT2D eigenvalue weighted by Crippen LogP contribution is 2.26. The largest absolute Gasteiger partial charge is 0.396 e. The van der Waals surface area contributed by atoms with E-state index in [1.54, 1.807) is 7.05 Å². The number of likely N-dealkylation sites (tertiary alicyclic amines) is 1. The van der Waals surface area contributed by atoms with Gasteiger partial charge in [-0.2, -0.15) is 5.10 Å². The second-order valence-corrected chi connectivity index (χ2v) is 5.39. The van der Waals surface area contributed by atoms with Crippen molar-refractivity contribution in [3.8, 4) is 0 Å². The van der Waals surface area contributed by atoms with E-state index in [-0.39, 0.29) is 24.1 Å². The van der Waals surface area contributed by atoms with Crippen LogP contribution in [0.3, 0.4) is 0 Å². The molecule has 2 fully saturated rings. The minimum atomic E-state index is -1.03. The van der Waals surface area contributed by atoms with Gasteiger partial charge in [0.2, 0.25) is 0 Å². The molecule has 0 radical (unpaired) electrons. The van der Waals surface area contributed by atoms with E-state index in [1.165, 1.54) is 15.8 Å². The normalized spacial score (nSPS) is 25.1. The van der Waals surface area contributed by atoms with Crippen molar-refractivity contribution in [2.24, 2.45) is 7.05 Å². The smallest absolute Gasteiger partial charge is 0.322 e. The number of nitrogen functional groups attached to an aromatic ring is 1. The summed E-state index contributed by atoms with van der Waals surface area (Å²) in [5, 5.41) is 8.80. The highest BCUT2D eigenvalue weighted by atomic mass is 16.2. The predicted octanol–water partition coefficient (Wildman–Crippen LogP) is -1.18. The van der Waals surface area contributed by atoms with Crippen LogP contribution in [-0.4, -0.2) is 51.2 Å². The number of anilines is 1. The molecular formula is C12H16N6O3. The maximum atomic E-state index is 12.6. The SMILES string of the molecule is Cn1ncc(N)c1C(=O)N1CCCC2(C1)NC(=O)NC2=O. The minimum Gasteiger partial charge on any atom is -0.396 e.